The second-order valence-corrected chi connectivity index (χ2v) is 4.05. The molecule has 3 nitrogen and oxygen atoms in total. The van der Waals surface area contributed by atoms with Crippen molar-refractivity contribution in [3.05, 3.63) is 22.6 Å². The van der Waals surface area contributed by atoms with Crippen LogP contribution in [-0.2, 0) is 0 Å². The molecule has 0 aromatic carbocycles. The van der Waals surface area contributed by atoms with Gasteiger partial charge < -0.3 is 0 Å². The molecule has 0 saturated heterocycles. The second-order valence-electron chi connectivity index (χ2n) is 2.52. The third-order valence-electron chi connectivity index (χ3n) is 1.69. The van der Waals surface area contributed by atoms with Crippen LogP contribution in [0.25, 0.3) is 10.9 Å². The van der Waals surface area contributed by atoms with Crippen molar-refractivity contribution in [2.45, 2.75) is 5.16 Å². The molecule has 0 aliphatic heterocycles. The van der Waals surface area contributed by atoms with E-state index in [0.717, 1.165) is 5.39 Å². The van der Waals surface area contributed by atoms with Gasteiger partial charge in [0.05, 0.1) is 5.02 Å². The summed E-state index contributed by atoms with van der Waals surface area (Å²) in [6, 6.07) is 0. The van der Waals surface area contributed by atoms with Crippen LogP contribution in [0, 0.1) is 0 Å². The van der Waals surface area contributed by atoms with Crippen molar-refractivity contribution >= 4 is 45.9 Å². The molecule has 0 saturated carbocycles. The van der Waals surface area contributed by atoms with E-state index >= 15 is 0 Å². The Hall–Kier alpha value is -0.580. The zero-order valence-electron chi connectivity index (χ0n) is 7.16. The summed E-state index contributed by atoms with van der Waals surface area (Å²) in [5, 5.41) is 2.24. The lowest BCUT2D eigenvalue weighted by Gasteiger charge is -2.01. The number of nitrogens with zero attached hydrogens (tertiary/aromatic N) is 3. The Balaban J connectivity index is 2.80. The minimum Gasteiger partial charge on any atom is -0.241 e. The Kier molecular flexibility index (Phi) is 2.76. The Bertz CT molecular complexity index is 489. The highest BCUT2D eigenvalue weighted by Crippen LogP contribution is 2.26. The average molecular weight is 246 g/mol. The maximum absolute atomic E-state index is 5.92. The molecule has 0 fully saturated rings. The highest BCUT2D eigenvalue weighted by Gasteiger charge is 2.07. The number of halogens is 2. The lowest BCUT2D eigenvalue weighted by atomic mass is 10.3. The van der Waals surface area contributed by atoms with Crippen LogP contribution in [0.5, 0.6) is 0 Å². The van der Waals surface area contributed by atoms with Gasteiger partial charge in [-0.25, -0.2) is 15.0 Å². The van der Waals surface area contributed by atoms with E-state index in [1.165, 1.54) is 18.0 Å². The van der Waals surface area contributed by atoms with Gasteiger partial charge in [-0.05, 0) is 6.26 Å². The molecule has 0 amide bonds. The summed E-state index contributed by atoms with van der Waals surface area (Å²) in [6.45, 7) is 0. The molecule has 2 aromatic rings. The van der Waals surface area contributed by atoms with Crippen LogP contribution in [0.15, 0.2) is 17.6 Å². The summed E-state index contributed by atoms with van der Waals surface area (Å²) in [7, 11) is 0. The number of rotatable bonds is 1. The minimum atomic E-state index is 0.349. The quantitative estimate of drug-likeness (QED) is 0.440. The van der Waals surface area contributed by atoms with E-state index in [9.17, 15) is 0 Å². The Morgan fingerprint density at radius 2 is 2.00 bits per heavy atom. The van der Waals surface area contributed by atoms with Gasteiger partial charge >= 0.3 is 0 Å². The SMILES string of the molecule is CSc1ncc2c(Cl)cnc(Cl)c2n1. The molecule has 0 spiro atoms. The van der Waals surface area contributed by atoms with E-state index in [2.05, 4.69) is 15.0 Å². The smallest absolute Gasteiger partial charge is 0.187 e. The first-order valence-corrected chi connectivity index (χ1v) is 5.71. The normalized spacial score (nSPS) is 10.8. The Morgan fingerprint density at radius 3 is 2.71 bits per heavy atom. The summed E-state index contributed by atoms with van der Waals surface area (Å²) in [5.41, 5.74) is 0.596. The van der Waals surface area contributed by atoms with Crippen molar-refractivity contribution in [1.82, 2.24) is 15.0 Å². The molecule has 0 aliphatic rings. The monoisotopic (exact) mass is 245 g/mol. The van der Waals surface area contributed by atoms with E-state index in [4.69, 9.17) is 23.2 Å². The predicted molar refractivity (Wildman–Crippen MR) is 59.1 cm³/mol. The molecule has 0 aliphatic carbocycles. The van der Waals surface area contributed by atoms with Gasteiger partial charge in [-0.1, -0.05) is 35.0 Å². The lowest BCUT2D eigenvalue weighted by molar-refractivity contribution is 1.00. The molecule has 6 heteroatoms. The van der Waals surface area contributed by atoms with Crippen molar-refractivity contribution < 1.29 is 0 Å². The van der Waals surface area contributed by atoms with Gasteiger partial charge in [0.2, 0.25) is 0 Å². The van der Waals surface area contributed by atoms with E-state index in [1.54, 1.807) is 6.20 Å². The first-order valence-electron chi connectivity index (χ1n) is 3.73. The molecular weight excluding hydrogens is 241 g/mol. The van der Waals surface area contributed by atoms with Gasteiger partial charge in [-0.2, -0.15) is 0 Å². The molecule has 2 heterocycles. The number of pyridine rings is 1. The lowest BCUT2D eigenvalue weighted by Crippen LogP contribution is -1.90. The molecule has 0 radical (unpaired) electrons. The predicted octanol–water partition coefficient (Wildman–Crippen LogP) is 3.05. The molecule has 72 valence electrons. The summed E-state index contributed by atoms with van der Waals surface area (Å²) >= 11 is 13.3. The molecule has 0 atom stereocenters. The van der Waals surface area contributed by atoms with Crippen LogP contribution in [0.1, 0.15) is 0 Å². The van der Waals surface area contributed by atoms with Gasteiger partial charge in [0.15, 0.2) is 10.3 Å². The third-order valence-corrected chi connectivity index (χ3v) is 2.83. The van der Waals surface area contributed by atoms with Gasteiger partial charge in [0.25, 0.3) is 0 Å². The molecule has 14 heavy (non-hydrogen) atoms. The summed E-state index contributed by atoms with van der Waals surface area (Å²) in [4.78, 5) is 12.3. The fourth-order valence-corrected chi connectivity index (χ4v) is 1.76. The van der Waals surface area contributed by atoms with Crippen molar-refractivity contribution in [3.8, 4) is 0 Å². The highest BCUT2D eigenvalue weighted by atomic mass is 35.5. The third kappa shape index (κ3) is 1.65. The largest absolute Gasteiger partial charge is 0.241 e. The highest BCUT2D eigenvalue weighted by molar-refractivity contribution is 7.98. The molecule has 2 rings (SSSR count). The van der Waals surface area contributed by atoms with E-state index in [1.807, 2.05) is 6.26 Å². The number of thioether (sulfide) groups is 1. The fourth-order valence-electron chi connectivity index (χ4n) is 1.04. The van der Waals surface area contributed by atoms with Crippen LogP contribution in [-0.4, -0.2) is 21.2 Å². The van der Waals surface area contributed by atoms with E-state index in [-0.39, 0.29) is 0 Å². The van der Waals surface area contributed by atoms with Crippen LogP contribution >= 0.6 is 35.0 Å². The maximum atomic E-state index is 5.92. The molecular formula is C8H5Cl2N3S. The van der Waals surface area contributed by atoms with Crippen molar-refractivity contribution in [1.29, 1.82) is 0 Å². The molecule has 0 unspecified atom stereocenters. The number of hydrogen-bond donors (Lipinski definition) is 0. The van der Waals surface area contributed by atoms with Crippen LogP contribution in [0.2, 0.25) is 10.2 Å². The van der Waals surface area contributed by atoms with Crippen molar-refractivity contribution in [3.63, 3.8) is 0 Å². The number of hydrogen-bond acceptors (Lipinski definition) is 4. The minimum absolute atomic E-state index is 0.349. The van der Waals surface area contributed by atoms with E-state index in [0.29, 0.717) is 20.8 Å². The molecule has 0 bridgehead atoms. The maximum Gasteiger partial charge on any atom is 0.187 e. The van der Waals surface area contributed by atoms with E-state index < -0.39 is 0 Å². The van der Waals surface area contributed by atoms with Crippen LogP contribution in [0.4, 0.5) is 0 Å². The summed E-state index contributed by atoms with van der Waals surface area (Å²) < 4.78 is 0. The van der Waals surface area contributed by atoms with Gasteiger partial charge in [0, 0.05) is 17.8 Å². The first kappa shape index (κ1) is 9.96. The average Bonchev–Trinajstić information content (AvgIpc) is 2.23. The zero-order valence-corrected chi connectivity index (χ0v) is 9.49. The second kappa shape index (κ2) is 3.88. The molecule has 0 N–H and O–H groups in total. The zero-order chi connectivity index (χ0) is 10.1. The Labute approximate surface area is 94.9 Å². The van der Waals surface area contributed by atoms with Gasteiger partial charge in [-0.3, -0.25) is 0 Å². The number of fused-ring (bicyclic) bond motifs is 1. The molecule has 2 aromatic heterocycles. The summed E-state index contributed by atoms with van der Waals surface area (Å²) in [5.74, 6) is 0. The first-order chi connectivity index (χ1) is 6.72. The van der Waals surface area contributed by atoms with Crippen molar-refractivity contribution in [2.24, 2.45) is 0 Å². The van der Waals surface area contributed by atoms with Gasteiger partial charge in [-0.15, -0.1) is 0 Å². The summed E-state index contributed by atoms with van der Waals surface area (Å²) in [6.07, 6.45) is 5.05. The van der Waals surface area contributed by atoms with Crippen LogP contribution in [0.3, 0.4) is 0 Å². The standard InChI is InChI=1S/C8H5Cl2N3S/c1-14-8-12-2-4-5(9)3-11-7(10)6(4)13-8/h2-3H,1H3. The fraction of sp³-hybridized carbons (Fsp3) is 0.125. The topological polar surface area (TPSA) is 38.7 Å². The Morgan fingerprint density at radius 1 is 1.21 bits per heavy atom. The van der Waals surface area contributed by atoms with Crippen LogP contribution < -0.4 is 0 Å². The van der Waals surface area contributed by atoms with Crippen molar-refractivity contribution in [2.75, 3.05) is 6.26 Å². The van der Waals surface area contributed by atoms with Gasteiger partial charge in [0.1, 0.15) is 5.52 Å². The number of aromatic nitrogens is 3.